The summed E-state index contributed by atoms with van der Waals surface area (Å²) < 4.78 is 21.0. The average Bonchev–Trinajstić information content (AvgIpc) is 3.18. The van der Waals surface area contributed by atoms with Gasteiger partial charge in [0, 0.05) is 21.8 Å². The topological polar surface area (TPSA) is 66.8 Å². The first-order chi connectivity index (χ1) is 18.3. The van der Waals surface area contributed by atoms with Gasteiger partial charge < -0.3 is 9.84 Å². The molecule has 7 heteroatoms. The van der Waals surface area contributed by atoms with Gasteiger partial charge in [-0.25, -0.2) is 4.39 Å². The number of ketones is 1. The van der Waals surface area contributed by atoms with Crippen LogP contribution in [0.1, 0.15) is 28.3 Å². The van der Waals surface area contributed by atoms with Crippen LogP contribution < -0.4 is 9.64 Å². The van der Waals surface area contributed by atoms with Crippen LogP contribution in [0.5, 0.6) is 5.75 Å². The molecular formula is C31H23ClFNO4. The van der Waals surface area contributed by atoms with Gasteiger partial charge >= 0.3 is 0 Å². The van der Waals surface area contributed by atoms with Crippen LogP contribution in [0.25, 0.3) is 5.76 Å². The second-order valence-electron chi connectivity index (χ2n) is 8.93. The molecule has 1 fully saturated rings. The van der Waals surface area contributed by atoms with E-state index in [-0.39, 0.29) is 11.1 Å². The third kappa shape index (κ3) is 4.78. The van der Waals surface area contributed by atoms with Crippen molar-refractivity contribution in [3.8, 4) is 5.75 Å². The molecule has 190 valence electrons. The van der Waals surface area contributed by atoms with E-state index in [1.807, 2.05) is 37.3 Å². The number of aliphatic hydroxyl groups is 1. The Labute approximate surface area is 224 Å². The number of halogens is 2. The van der Waals surface area contributed by atoms with Crippen LogP contribution in [-0.2, 0) is 16.2 Å². The normalized spacial score (nSPS) is 16.6. The predicted octanol–water partition coefficient (Wildman–Crippen LogP) is 6.99. The Bertz CT molecular complexity index is 1570. The molecule has 1 unspecified atom stereocenters. The molecule has 1 heterocycles. The Balaban J connectivity index is 1.57. The number of carbonyl (C=O) groups excluding carboxylic acids is 2. The lowest BCUT2D eigenvalue weighted by molar-refractivity contribution is -0.132. The number of aryl methyl sites for hydroxylation is 1. The molecule has 1 aliphatic heterocycles. The minimum atomic E-state index is -1.19. The van der Waals surface area contributed by atoms with Crippen molar-refractivity contribution in [1.29, 1.82) is 0 Å². The van der Waals surface area contributed by atoms with Gasteiger partial charge in [0.25, 0.3) is 11.7 Å². The Morgan fingerprint density at radius 2 is 1.68 bits per heavy atom. The third-order valence-corrected chi connectivity index (χ3v) is 6.65. The zero-order chi connectivity index (χ0) is 26.8. The SMILES string of the molecule is Cc1cc(/C(O)=C2\C(=O)C(=O)N(c3cccc(Cl)c3)C2c2ccccc2F)ccc1OCc1ccccc1. The molecule has 38 heavy (non-hydrogen) atoms. The smallest absolute Gasteiger partial charge is 0.300 e. The second kappa shape index (κ2) is 10.5. The number of amides is 1. The molecule has 1 saturated heterocycles. The zero-order valence-corrected chi connectivity index (χ0v) is 21.2. The first kappa shape index (κ1) is 25.2. The van der Waals surface area contributed by atoms with E-state index in [4.69, 9.17) is 16.3 Å². The maximum absolute atomic E-state index is 15.0. The molecule has 1 aliphatic rings. The summed E-state index contributed by atoms with van der Waals surface area (Å²) >= 11 is 6.15. The van der Waals surface area contributed by atoms with Crippen LogP contribution in [-0.4, -0.2) is 16.8 Å². The molecular weight excluding hydrogens is 505 g/mol. The van der Waals surface area contributed by atoms with E-state index in [0.717, 1.165) is 11.1 Å². The van der Waals surface area contributed by atoms with Crippen LogP contribution in [0.2, 0.25) is 5.02 Å². The fourth-order valence-electron chi connectivity index (χ4n) is 4.57. The number of benzene rings is 4. The summed E-state index contributed by atoms with van der Waals surface area (Å²) in [6.45, 7) is 2.18. The number of hydrogen-bond donors (Lipinski definition) is 1. The van der Waals surface area contributed by atoms with Crippen molar-refractivity contribution < 1.29 is 23.8 Å². The van der Waals surface area contributed by atoms with Gasteiger partial charge in [0.1, 0.15) is 23.9 Å². The van der Waals surface area contributed by atoms with Crippen LogP contribution in [0.4, 0.5) is 10.1 Å². The highest BCUT2D eigenvalue weighted by Crippen LogP contribution is 2.43. The van der Waals surface area contributed by atoms with E-state index in [9.17, 15) is 14.7 Å². The van der Waals surface area contributed by atoms with E-state index >= 15 is 4.39 Å². The van der Waals surface area contributed by atoms with Gasteiger partial charge in [0.2, 0.25) is 0 Å². The Morgan fingerprint density at radius 3 is 2.39 bits per heavy atom. The predicted molar refractivity (Wildman–Crippen MR) is 145 cm³/mol. The van der Waals surface area contributed by atoms with Crippen molar-refractivity contribution in [2.24, 2.45) is 0 Å². The number of aliphatic hydroxyl groups excluding tert-OH is 1. The second-order valence-corrected chi connectivity index (χ2v) is 9.36. The minimum absolute atomic E-state index is 0.0766. The first-order valence-electron chi connectivity index (χ1n) is 11.9. The van der Waals surface area contributed by atoms with E-state index in [2.05, 4.69) is 0 Å². The number of ether oxygens (including phenoxy) is 1. The fraction of sp³-hybridized carbons (Fsp3) is 0.0968. The first-order valence-corrected chi connectivity index (χ1v) is 12.3. The lowest BCUT2D eigenvalue weighted by Crippen LogP contribution is -2.29. The largest absolute Gasteiger partial charge is 0.507 e. The van der Waals surface area contributed by atoms with E-state index in [1.54, 1.807) is 42.5 Å². The van der Waals surface area contributed by atoms with Crippen molar-refractivity contribution in [3.05, 3.63) is 136 Å². The summed E-state index contributed by atoms with van der Waals surface area (Å²) in [7, 11) is 0. The van der Waals surface area contributed by atoms with Crippen molar-refractivity contribution in [1.82, 2.24) is 0 Å². The third-order valence-electron chi connectivity index (χ3n) is 6.42. The summed E-state index contributed by atoms with van der Waals surface area (Å²) in [5.41, 5.74) is 2.21. The molecule has 5 rings (SSSR count). The Morgan fingerprint density at radius 1 is 0.947 bits per heavy atom. The van der Waals surface area contributed by atoms with Crippen LogP contribution in [0, 0.1) is 12.7 Å². The zero-order valence-electron chi connectivity index (χ0n) is 20.4. The number of anilines is 1. The van der Waals surface area contributed by atoms with Gasteiger partial charge in [0.15, 0.2) is 0 Å². The molecule has 0 bridgehead atoms. The number of rotatable bonds is 6. The molecule has 5 nitrogen and oxygen atoms in total. The molecule has 0 radical (unpaired) electrons. The molecule has 1 amide bonds. The lowest BCUT2D eigenvalue weighted by atomic mass is 9.94. The highest BCUT2D eigenvalue weighted by Gasteiger charge is 2.47. The summed E-state index contributed by atoms with van der Waals surface area (Å²) in [4.78, 5) is 27.7. The van der Waals surface area contributed by atoms with Crippen molar-refractivity contribution in [2.75, 3.05) is 4.90 Å². The lowest BCUT2D eigenvalue weighted by Gasteiger charge is -2.26. The highest BCUT2D eigenvalue weighted by molar-refractivity contribution is 6.51. The van der Waals surface area contributed by atoms with E-state index < -0.39 is 29.3 Å². The molecule has 0 spiro atoms. The van der Waals surface area contributed by atoms with E-state index in [1.165, 1.54) is 29.2 Å². The number of hydrogen-bond acceptors (Lipinski definition) is 4. The molecule has 0 saturated carbocycles. The van der Waals surface area contributed by atoms with Gasteiger partial charge in [-0.15, -0.1) is 0 Å². The van der Waals surface area contributed by atoms with E-state index in [0.29, 0.717) is 28.6 Å². The minimum Gasteiger partial charge on any atom is -0.507 e. The molecule has 0 aliphatic carbocycles. The van der Waals surface area contributed by atoms with Gasteiger partial charge in [-0.1, -0.05) is 66.2 Å². The summed E-state index contributed by atoms with van der Waals surface area (Å²) in [5.74, 6) is -2.22. The number of Topliss-reactive ketones (excluding diaryl/α,β-unsaturated/α-hetero) is 1. The Hall–Kier alpha value is -4.42. The maximum Gasteiger partial charge on any atom is 0.300 e. The van der Waals surface area contributed by atoms with Gasteiger partial charge in [-0.3, -0.25) is 14.5 Å². The Kier molecular flexibility index (Phi) is 6.99. The van der Waals surface area contributed by atoms with Gasteiger partial charge in [-0.2, -0.15) is 0 Å². The molecule has 4 aromatic rings. The summed E-state index contributed by atoms with van der Waals surface area (Å²) in [6.07, 6.45) is 0. The molecule has 0 aromatic heterocycles. The highest BCUT2D eigenvalue weighted by atomic mass is 35.5. The van der Waals surface area contributed by atoms with Crippen LogP contribution in [0.3, 0.4) is 0 Å². The maximum atomic E-state index is 15.0. The molecule has 1 N–H and O–H groups in total. The van der Waals surface area contributed by atoms with Crippen molar-refractivity contribution >= 4 is 34.7 Å². The van der Waals surface area contributed by atoms with Crippen LogP contribution >= 0.6 is 11.6 Å². The van der Waals surface area contributed by atoms with Crippen LogP contribution in [0.15, 0.2) is 103 Å². The van der Waals surface area contributed by atoms with Crippen molar-refractivity contribution in [3.63, 3.8) is 0 Å². The molecule has 4 aromatic carbocycles. The molecule has 1 atom stereocenters. The average molecular weight is 528 g/mol. The standard InChI is InChI=1S/C31H23ClFNO4/c1-19-16-21(14-15-26(19)38-18-20-8-3-2-4-9-20)29(35)27-28(24-12-5-6-13-25(24)33)34(31(37)30(27)36)23-11-7-10-22(32)17-23/h2-17,28,35H,18H2,1H3/b29-27+. The van der Waals surface area contributed by atoms with Gasteiger partial charge in [0.05, 0.1) is 11.6 Å². The van der Waals surface area contributed by atoms with Crippen molar-refractivity contribution in [2.45, 2.75) is 19.6 Å². The fourth-order valence-corrected chi connectivity index (χ4v) is 4.75. The monoisotopic (exact) mass is 527 g/mol. The van der Waals surface area contributed by atoms with Gasteiger partial charge in [-0.05, 0) is 60.5 Å². The number of carbonyl (C=O) groups is 2. The number of nitrogens with zero attached hydrogens (tertiary/aromatic N) is 1. The summed E-state index contributed by atoms with van der Waals surface area (Å²) in [5, 5.41) is 11.7. The quantitative estimate of drug-likeness (QED) is 0.167. The summed E-state index contributed by atoms with van der Waals surface area (Å²) in [6, 6.07) is 25.7.